The third kappa shape index (κ3) is 2.62. The Balaban J connectivity index is 3.40. The highest BCUT2D eigenvalue weighted by Crippen LogP contribution is 2.31. The summed E-state index contributed by atoms with van der Waals surface area (Å²) >= 11 is 4.33. The Bertz CT molecular complexity index is 467. The summed E-state index contributed by atoms with van der Waals surface area (Å²) in [5, 5.41) is 10.6. The van der Waals surface area contributed by atoms with Crippen LogP contribution < -0.4 is 0 Å². The first-order valence-electron chi connectivity index (χ1n) is 3.85. The zero-order valence-corrected chi connectivity index (χ0v) is 8.48. The van der Waals surface area contributed by atoms with E-state index in [1.165, 1.54) is 6.20 Å². The maximum absolute atomic E-state index is 13.0. The molecule has 1 heterocycles. The summed E-state index contributed by atoms with van der Waals surface area (Å²) in [4.78, 5) is 7.08. The van der Waals surface area contributed by atoms with Crippen LogP contribution in [0.3, 0.4) is 0 Å². The van der Waals surface area contributed by atoms with Gasteiger partial charge in [0, 0.05) is 6.92 Å². The second-order valence-electron chi connectivity index (χ2n) is 2.79. The first-order valence-corrected chi connectivity index (χ1v) is 4.26. The minimum atomic E-state index is -3.13. The molecule has 0 aliphatic carbocycles. The van der Waals surface area contributed by atoms with E-state index < -0.39 is 11.5 Å². The summed E-state index contributed by atoms with van der Waals surface area (Å²) in [5.74, 6) is -3.13. The van der Waals surface area contributed by atoms with Crippen molar-refractivity contribution in [2.45, 2.75) is 12.8 Å². The molecule has 0 bridgehead atoms. The van der Waals surface area contributed by atoms with E-state index in [4.69, 9.17) is 5.26 Å². The number of hydrogen-bond acceptors (Lipinski definition) is 4. The van der Waals surface area contributed by atoms with Crippen LogP contribution >= 0.6 is 12.2 Å². The molecule has 0 aliphatic rings. The fourth-order valence-electron chi connectivity index (χ4n) is 0.991. The van der Waals surface area contributed by atoms with Gasteiger partial charge in [0.1, 0.15) is 11.8 Å². The Kier molecular flexibility index (Phi) is 3.20. The summed E-state index contributed by atoms with van der Waals surface area (Å²) in [6.45, 7) is 0.690. The normalized spacial score (nSPS) is 10.3. The first-order chi connectivity index (χ1) is 6.99. The molecule has 3 nitrogen and oxygen atoms in total. The molecule has 0 radical (unpaired) electrons. The molecule has 76 valence electrons. The van der Waals surface area contributed by atoms with E-state index in [9.17, 15) is 8.78 Å². The SMILES string of the molecule is CC(F)(F)c1cc(N=C=S)cnc1C#N. The Morgan fingerprint density at radius 2 is 2.27 bits per heavy atom. The molecule has 0 fully saturated rings. The zero-order valence-electron chi connectivity index (χ0n) is 7.66. The van der Waals surface area contributed by atoms with Gasteiger partial charge < -0.3 is 0 Å². The van der Waals surface area contributed by atoms with Gasteiger partial charge in [-0.25, -0.2) is 13.8 Å². The van der Waals surface area contributed by atoms with Crippen LogP contribution in [-0.2, 0) is 5.92 Å². The van der Waals surface area contributed by atoms with Gasteiger partial charge in [0.05, 0.1) is 22.6 Å². The largest absolute Gasteiger partial charge is 0.273 e. The summed E-state index contributed by atoms with van der Waals surface area (Å²) < 4.78 is 26.1. The number of nitriles is 1. The fraction of sp³-hybridized carbons (Fsp3) is 0.222. The number of nitrogens with zero attached hydrogens (tertiary/aromatic N) is 3. The van der Waals surface area contributed by atoms with Crippen molar-refractivity contribution in [2.24, 2.45) is 4.99 Å². The smallest absolute Gasteiger partial charge is 0.243 e. The van der Waals surface area contributed by atoms with Gasteiger partial charge in [-0.1, -0.05) is 0 Å². The lowest BCUT2D eigenvalue weighted by Crippen LogP contribution is -2.10. The number of alkyl halides is 2. The zero-order chi connectivity index (χ0) is 11.5. The number of thiocarbonyl (C=S) groups is 1. The van der Waals surface area contributed by atoms with Gasteiger partial charge in [-0.05, 0) is 18.3 Å². The van der Waals surface area contributed by atoms with Gasteiger partial charge in [-0.2, -0.15) is 10.3 Å². The number of aromatic nitrogens is 1. The van der Waals surface area contributed by atoms with Crippen LogP contribution in [0.1, 0.15) is 18.2 Å². The van der Waals surface area contributed by atoms with Gasteiger partial charge in [-0.15, -0.1) is 0 Å². The molecule has 6 heteroatoms. The third-order valence-electron chi connectivity index (χ3n) is 1.63. The van der Waals surface area contributed by atoms with E-state index >= 15 is 0 Å². The standard InChI is InChI=1S/C9H5F2N3S/c1-9(10,11)7-2-6(14-5-15)4-13-8(7)3-12/h2,4H,1H3. The number of isothiocyanates is 1. The van der Waals surface area contributed by atoms with E-state index in [2.05, 4.69) is 22.2 Å². The lowest BCUT2D eigenvalue weighted by Gasteiger charge is -2.11. The summed E-state index contributed by atoms with van der Waals surface area (Å²) in [7, 11) is 0. The van der Waals surface area contributed by atoms with Gasteiger partial charge in [0.15, 0.2) is 0 Å². The fourth-order valence-corrected chi connectivity index (χ4v) is 1.10. The number of halogens is 2. The molecule has 1 aromatic heterocycles. The van der Waals surface area contributed by atoms with Crippen LogP contribution in [-0.4, -0.2) is 10.1 Å². The second-order valence-corrected chi connectivity index (χ2v) is 2.98. The molecule has 0 aliphatic heterocycles. The van der Waals surface area contributed by atoms with Crippen molar-refractivity contribution in [1.29, 1.82) is 5.26 Å². The van der Waals surface area contributed by atoms with Crippen molar-refractivity contribution in [1.82, 2.24) is 4.98 Å². The Morgan fingerprint density at radius 3 is 2.73 bits per heavy atom. The van der Waals surface area contributed by atoms with E-state index in [1.54, 1.807) is 6.07 Å². The quantitative estimate of drug-likeness (QED) is 0.574. The van der Waals surface area contributed by atoms with Crippen molar-refractivity contribution in [3.8, 4) is 6.07 Å². The van der Waals surface area contributed by atoms with E-state index in [-0.39, 0.29) is 11.4 Å². The average molecular weight is 225 g/mol. The molecule has 0 unspecified atom stereocenters. The van der Waals surface area contributed by atoms with Crippen molar-refractivity contribution in [2.75, 3.05) is 0 Å². The predicted octanol–water partition coefficient (Wildman–Crippen LogP) is 2.80. The van der Waals surface area contributed by atoms with Crippen LogP contribution in [0.4, 0.5) is 14.5 Å². The third-order valence-corrected chi connectivity index (χ3v) is 1.72. The maximum atomic E-state index is 13.0. The number of hydrogen-bond donors (Lipinski definition) is 0. The molecule has 0 spiro atoms. The molecule has 15 heavy (non-hydrogen) atoms. The van der Waals surface area contributed by atoms with E-state index in [1.807, 2.05) is 5.16 Å². The molecule has 0 aromatic carbocycles. The Hall–Kier alpha value is -1.70. The Morgan fingerprint density at radius 1 is 1.60 bits per heavy atom. The highest BCUT2D eigenvalue weighted by atomic mass is 32.1. The molecular weight excluding hydrogens is 220 g/mol. The van der Waals surface area contributed by atoms with Gasteiger partial charge >= 0.3 is 0 Å². The molecule has 0 atom stereocenters. The molecule has 0 amide bonds. The van der Waals surface area contributed by atoms with Crippen LogP contribution in [0.5, 0.6) is 0 Å². The van der Waals surface area contributed by atoms with Crippen molar-refractivity contribution < 1.29 is 8.78 Å². The van der Waals surface area contributed by atoms with Crippen molar-refractivity contribution in [3.63, 3.8) is 0 Å². The van der Waals surface area contributed by atoms with Crippen molar-refractivity contribution in [3.05, 3.63) is 23.5 Å². The molecule has 0 saturated carbocycles. The summed E-state index contributed by atoms with van der Waals surface area (Å²) in [6.07, 6.45) is 1.19. The van der Waals surface area contributed by atoms with Gasteiger partial charge in [0.25, 0.3) is 5.92 Å². The second kappa shape index (κ2) is 4.22. The van der Waals surface area contributed by atoms with Crippen LogP contribution in [0.15, 0.2) is 17.3 Å². The average Bonchev–Trinajstić information content (AvgIpc) is 2.17. The minimum Gasteiger partial charge on any atom is -0.243 e. The molecule has 1 aromatic rings. The molecular formula is C9H5F2N3S. The van der Waals surface area contributed by atoms with Crippen LogP contribution in [0.2, 0.25) is 0 Å². The maximum Gasteiger partial charge on any atom is 0.273 e. The first kappa shape index (κ1) is 11.4. The Labute approximate surface area is 90.1 Å². The lowest BCUT2D eigenvalue weighted by atomic mass is 10.1. The van der Waals surface area contributed by atoms with Gasteiger partial charge in [-0.3, -0.25) is 0 Å². The summed E-state index contributed by atoms with van der Waals surface area (Å²) in [6, 6.07) is 2.67. The topological polar surface area (TPSA) is 49.0 Å². The van der Waals surface area contributed by atoms with Crippen LogP contribution in [0.25, 0.3) is 0 Å². The highest BCUT2D eigenvalue weighted by Gasteiger charge is 2.28. The molecule has 0 N–H and O–H groups in total. The summed E-state index contributed by atoms with van der Waals surface area (Å²) in [5.41, 5.74) is -0.622. The monoisotopic (exact) mass is 225 g/mol. The van der Waals surface area contributed by atoms with Crippen molar-refractivity contribution >= 4 is 23.1 Å². The van der Waals surface area contributed by atoms with Gasteiger partial charge in [0.2, 0.25) is 0 Å². The number of aliphatic imine (C=N–C) groups is 1. The molecule has 0 saturated heterocycles. The predicted molar refractivity (Wildman–Crippen MR) is 53.2 cm³/mol. The minimum absolute atomic E-state index is 0.153. The van der Waals surface area contributed by atoms with E-state index in [0.29, 0.717) is 6.92 Å². The number of pyridine rings is 1. The number of rotatable bonds is 2. The van der Waals surface area contributed by atoms with Crippen LogP contribution in [0, 0.1) is 11.3 Å². The molecule has 1 rings (SSSR count). The highest BCUT2D eigenvalue weighted by molar-refractivity contribution is 7.78. The lowest BCUT2D eigenvalue weighted by molar-refractivity contribution is 0.0168. The van der Waals surface area contributed by atoms with E-state index in [0.717, 1.165) is 6.07 Å².